The minimum absolute atomic E-state index is 0.791. The van der Waals surface area contributed by atoms with Crippen molar-refractivity contribution in [2.24, 2.45) is 11.8 Å². The molecule has 1 N–H and O–H groups in total. The van der Waals surface area contributed by atoms with Crippen LogP contribution in [0.3, 0.4) is 0 Å². The van der Waals surface area contributed by atoms with Crippen LogP contribution in [0.4, 0.5) is 0 Å². The van der Waals surface area contributed by atoms with Crippen LogP contribution in [0.15, 0.2) is 0 Å². The first kappa shape index (κ1) is 12.9. The van der Waals surface area contributed by atoms with Crippen molar-refractivity contribution in [3.05, 3.63) is 0 Å². The lowest BCUT2D eigenvalue weighted by Gasteiger charge is -2.39. The van der Waals surface area contributed by atoms with Crippen LogP contribution < -0.4 is 5.32 Å². The van der Waals surface area contributed by atoms with E-state index in [0.717, 1.165) is 30.0 Å². The van der Waals surface area contributed by atoms with Gasteiger partial charge < -0.3 is 5.32 Å². The first-order valence-corrected chi connectivity index (χ1v) is 8.28. The molecule has 0 aromatic rings. The molecule has 1 saturated heterocycles. The Morgan fingerprint density at radius 3 is 2.56 bits per heavy atom. The van der Waals surface area contributed by atoms with Crippen LogP contribution in [-0.4, -0.2) is 36.1 Å². The van der Waals surface area contributed by atoms with Gasteiger partial charge in [-0.3, -0.25) is 4.90 Å². The molecule has 0 spiro atoms. The second-order valence-corrected chi connectivity index (χ2v) is 6.95. The summed E-state index contributed by atoms with van der Waals surface area (Å²) >= 11 is 0. The van der Waals surface area contributed by atoms with E-state index in [9.17, 15) is 0 Å². The molecular weight excluding hydrogens is 220 g/mol. The summed E-state index contributed by atoms with van der Waals surface area (Å²) in [7, 11) is 0. The zero-order chi connectivity index (χ0) is 12.5. The van der Waals surface area contributed by atoms with E-state index in [1.54, 1.807) is 0 Å². The summed E-state index contributed by atoms with van der Waals surface area (Å²) in [5.41, 5.74) is 0. The van der Waals surface area contributed by atoms with Crippen LogP contribution in [0.5, 0.6) is 0 Å². The quantitative estimate of drug-likeness (QED) is 0.825. The number of hydrogen-bond acceptors (Lipinski definition) is 2. The Hall–Kier alpha value is -0.0800. The fourth-order valence-electron chi connectivity index (χ4n) is 4.34. The normalized spacial score (nSPS) is 42.3. The summed E-state index contributed by atoms with van der Waals surface area (Å²) in [5, 5.41) is 3.84. The lowest BCUT2D eigenvalue weighted by Crippen LogP contribution is -2.51. The van der Waals surface area contributed by atoms with E-state index in [2.05, 4.69) is 24.1 Å². The zero-order valence-electron chi connectivity index (χ0n) is 12.2. The van der Waals surface area contributed by atoms with E-state index >= 15 is 0 Å². The summed E-state index contributed by atoms with van der Waals surface area (Å²) in [4.78, 5) is 2.82. The summed E-state index contributed by atoms with van der Waals surface area (Å²) < 4.78 is 0. The molecule has 1 heterocycles. The van der Waals surface area contributed by atoms with Gasteiger partial charge >= 0.3 is 0 Å². The molecule has 18 heavy (non-hydrogen) atoms. The molecule has 0 radical (unpaired) electrons. The van der Waals surface area contributed by atoms with Crippen LogP contribution >= 0.6 is 0 Å². The van der Waals surface area contributed by atoms with Crippen LogP contribution in [0.25, 0.3) is 0 Å². The van der Waals surface area contributed by atoms with E-state index in [0.29, 0.717) is 0 Å². The average molecular weight is 250 g/mol. The number of nitrogens with one attached hydrogen (secondary N) is 1. The summed E-state index contributed by atoms with van der Waals surface area (Å²) in [5.74, 6) is 1.92. The molecule has 4 atom stereocenters. The molecule has 2 heteroatoms. The van der Waals surface area contributed by atoms with Gasteiger partial charge in [-0.25, -0.2) is 0 Å². The third-order valence-corrected chi connectivity index (χ3v) is 5.68. The van der Waals surface area contributed by atoms with Gasteiger partial charge in [-0.05, 0) is 56.9 Å². The Bertz CT molecular complexity index is 274. The van der Waals surface area contributed by atoms with Crippen LogP contribution in [0.1, 0.15) is 58.8 Å². The Kier molecular flexibility index (Phi) is 3.95. The van der Waals surface area contributed by atoms with Gasteiger partial charge in [0.15, 0.2) is 0 Å². The molecule has 0 amide bonds. The van der Waals surface area contributed by atoms with Crippen molar-refractivity contribution in [3.63, 3.8) is 0 Å². The third-order valence-electron chi connectivity index (χ3n) is 5.68. The van der Waals surface area contributed by atoms with Crippen molar-refractivity contribution in [2.45, 2.75) is 76.9 Å². The minimum atomic E-state index is 0.791. The van der Waals surface area contributed by atoms with E-state index in [1.807, 2.05) is 0 Å². The lowest BCUT2D eigenvalue weighted by atomic mass is 9.91. The lowest BCUT2D eigenvalue weighted by molar-refractivity contribution is 0.108. The molecule has 104 valence electrons. The molecule has 0 aromatic carbocycles. The van der Waals surface area contributed by atoms with Crippen LogP contribution in [0.2, 0.25) is 0 Å². The fourth-order valence-corrected chi connectivity index (χ4v) is 4.34. The monoisotopic (exact) mass is 250 g/mol. The summed E-state index contributed by atoms with van der Waals surface area (Å²) in [6.07, 6.45) is 9.98. The van der Waals surface area contributed by atoms with E-state index in [4.69, 9.17) is 0 Å². The third kappa shape index (κ3) is 2.75. The van der Waals surface area contributed by atoms with Crippen molar-refractivity contribution in [1.29, 1.82) is 0 Å². The average Bonchev–Trinajstić information content (AvgIpc) is 3.11. The van der Waals surface area contributed by atoms with Crippen molar-refractivity contribution in [1.82, 2.24) is 10.2 Å². The van der Waals surface area contributed by atoms with Gasteiger partial charge in [0.25, 0.3) is 0 Å². The maximum absolute atomic E-state index is 3.84. The van der Waals surface area contributed by atoms with Gasteiger partial charge in [0.2, 0.25) is 0 Å². The molecule has 2 aliphatic carbocycles. The molecule has 2 nitrogen and oxygen atoms in total. The standard InChI is InChI=1S/C16H30N2/c1-3-13-6-9-16(12(13)2)18-10-4-5-15(11-18)17-14-7-8-14/h12-17H,3-11H2,1-2H3. The maximum atomic E-state index is 3.84. The topological polar surface area (TPSA) is 15.3 Å². The second-order valence-electron chi connectivity index (χ2n) is 6.95. The van der Waals surface area contributed by atoms with Crippen LogP contribution in [-0.2, 0) is 0 Å². The smallest absolute Gasteiger partial charge is 0.0198 e. The minimum Gasteiger partial charge on any atom is -0.310 e. The highest BCUT2D eigenvalue weighted by atomic mass is 15.2. The highest BCUT2D eigenvalue weighted by molar-refractivity contribution is 4.93. The molecule has 3 aliphatic rings. The van der Waals surface area contributed by atoms with E-state index in [1.165, 1.54) is 58.0 Å². The zero-order valence-corrected chi connectivity index (χ0v) is 12.2. The van der Waals surface area contributed by atoms with Crippen LogP contribution in [0, 0.1) is 11.8 Å². The Morgan fingerprint density at radius 1 is 1.06 bits per heavy atom. The summed E-state index contributed by atoms with van der Waals surface area (Å²) in [6.45, 7) is 7.55. The fraction of sp³-hybridized carbons (Fsp3) is 1.00. The Balaban J connectivity index is 1.54. The highest BCUT2D eigenvalue weighted by Gasteiger charge is 2.37. The summed E-state index contributed by atoms with van der Waals surface area (Å²) in [6, 6.07) is 2.55. The molecule has 0 aromatic heterocycles. The van der Waals surface area contributed by atoms with Gasteiger partial charge in [0, 0.05) is 24.7 Å². The molecule has 2 saturated carbocycles. The molecule has 4 unspecified atom stereocenters. The number of nitrogens with zero attached hydrogens (tertiary/aromatic N) is 1. The molecule has 3 fully saturated rings. The van der Waals surface area contributed by atoms with Gasteiger partial charge in [0.05, 0.1) is 0 Å². The van der Waals surface area contributed by atoms with Crippen molar-refractivity contribution >= 4 is 0 Å². The molecule has 0 bridgehead atoms. The van der Waals surface area contributed by atoms with Gasteiger partial charge in [0.1, 0.15) is 0 Å². The van der Waals surface area contributed by atoms with E-state index in [-0.39, 0.29) is 0 Å². The van der Waals surface area contributed by atoms with Gasteiger partial charge in [-0.15, -0.1) is 0 Å². The maximum Gasteiger partial charge on any atom is 0.0198 e. The van der Waals surface area contributed by atoms with Gasteiger partial charge in [-0.1, -0.05) is 20.3 Å². The van der Waals surface area contributed by atoms with Crippen molar-refractivity contribution < 1.29 is 0 Å². The molecule has 3 rings (SSSR count). The largest absolute Gasteiger partial charge is 0.310 e. The molecule has 1 aliphatic heterocycles. The predicted molar refractivity (Wildman–Crippen MR) is 76.7 cm³/mol. The second kappa shape index (κ2) is 5.50. The van der Waals surface area contributed by atoms with E-state index < -0.39 is 0 Å². The Morgan fingerprint density at radius 2 is 1.89 bits per heavy atom. The number of piperidine rings is 1. The number of rotatable bonds is 4. The van der Waals surface area contributed by atoms with Crippen molar-refractivity contribution in [3.8, 4) is 0 Å². The highest BCUT2D eigenvalue weighted by Crippen LogP contribution is 2.38. The van der Waals surface area contributed by atoms with Crippen molar-refractivity contribution in [2.75, 3.05) is 13.1 Å². The SMILES string of the molecule is CCC1CCC(N2CCCC(NC3CC3)C2)C1C. The number of likely N-dealkylation sites (tertiary alicyclic amines) is 1. The first-order chi connectivity index (χ1) is 8.78. The molecular formula is C16H30N2. The van der Waals surface area contributed by atoms with Gasteiger partial charge in [-0.2, -0.15) is 0 Å². The predicted octanol–water partition coefficient (Wildman–Crippen LogP) is 3.03. The number of hydrogen-bond donors (Lipinski definition) is 1. The Labute approximate surface area is 113 Å². The first-order valence-electron chi connectivity index (χ1n) is 8.28.